The number of aryl methyl sites for hydroxylation is 3. The van der Waals surface area contributed by atoms with Gasteiger partial charge in [0.05, 0.1) is 18.0 Å². The molecule has 0 saturated carbocycles. The number of fused-ring (bicyclic) bond motifs is 1. The normalized spacial score (nSPS) is 15.1. The fourth-order valence-electron chi connectivity index (χ4n) is 3.94. The second-order valence-corrected chi connectivity index (χ2v) is 7.79. The van der Waals surface area contributed by atoms with Crippen LogP contribution >= 0.6 is 0 Å². The molecule has 0 aromatic carbocycles. The van der Waals surface area contributed by atoms with E-state index >= 15 is 0 Å². The Labute approximate surface area is 172 Å². The average Bonchev–Trinajstić information content (AvgIpc) is 3.34. The van der Waals surface area contributed by atoms with E-state index in [1.54, 1.807) is 35.9 Å². The summed E-state index contributed by atoms with van der Waals surface area (Å²) in [5, 5.41) is 8.57. The molecule has 10 heteroatoms. The van der Waals surface area contributed by atoms with E-state index in [-0.39, 0.29) is 23.2 Å². The number of Topliss-reactive ketones (excluding diaryl/α,β-unsaturated/α-hetero) is 1. The van der Waals surface area contributed by atoms with Crippen LogP contribution in [0.5, 0.6) is 0 Å². The number of likely N-dealkylation sites (tertiary alicyclic amines) is 1. The molecule has 4 rings (SSSR count). The molecular weight excluding hydrogens is 386 g/mol. The molecule has 3 aromatic heterocycles. The van der Waals surface area contributed by atoms with Gasteiger partial charge in [-0.05, 0) is 19.3 Å². The highest BCUT2D eigenvalue weighted by atomic mass is 16.2. The van der Waals surface area contributed by atoms with Gasteiger partial charge in [-0.1, -0.05) is 0 Å². The van der Waals surface area contributed by atoms with Crippen molar-refractivity contribution < 1.29 is 9.59 Å². The van der Waals surface area contributed by atoms with Crippen molar-refractivity contribution in [2.24, 2.45) is 20.0 Å². The van der Waals surface area contributed by atoms with Crippen molar-refractivity contribution in [3.05, 3.63) is 40.3 Å². The fourth-order valence-corrected chi connectivity index (χ4v) is 3.94. The minimum atomic E-state index is -0.213. The van der Waals surface area contributed by atoms with E-state index in [0.717, 1.165) is 0 Å². The minimum Gasteiger partial charge on any atom is -0.343 e. The van der Waals surface area contributed by atoms with Crippen LogP contribution in [0.1, 0.15) is 41.9 Å². The lowest BCUT2D eigenvalue weighted by atomic mass is 9.90. The summed E-state index contributed by atoms with van der Waals surface area (Å²) >= 11 is 0. The third-order valence-electron chi connectivity index (χ3n) is 5.66. The maximum Gasteiger partial charge on any atom is 0.262 e. The first-order chi connectivity index (χ1) is 14.4. The predicted molar refractivity (Wildman–Crippen MR) is 109 cm³/mol. The minimum absolute atomic E-state index is 0.0573. The molecule has 0 unspecified atom stereocenters. The number of amides is 1. The van der Waals surface area contributed by atoms with Gasteiger partial charge in [0.2, 0.25) is 5.91 Å². The Hall–Kier alpha value is -3.30. The lowest BCUT2D eigenvalue weighted by Gasteiger charge is -2.31. The second-order valence-electron chi connectivity index (χ2n) is 7.79. The van der Waals surface area contributed by atoms with Gasteiger partial charge in [0.15, 0.2) is 11.4 Å². The summed E-state index contributed by atoms with van der Waals surface area (Å²) in [6.45, 7) is 1.18. The van der Waals surface area contributed by atoms with Crippen LogP contribution in [-0.4, -0.2) is 59.2 Å². The number of H-pyrrole nitrogens is 1. The highest BCUT2D eigenvalue weighted by Gasteiger charge is 2.28. The van der Waals surface area contributed by atoms with Crippen molar-refractivity contribution in [2.45, 2.75) is 32.1 Å². The number of aromatic amines is 1. The Morgan fingerprint density at radius 1 is 1.17 bits per heavy atom. The Morgan fingerprint density at radius 3 is 2.63 bits per heavy atom. The van der Waals surface area contributed by atoms with Crippen LogP contribution in [0.15, 0.2) is 23.4 Å². The molecule has 30 heavy (non-hydrogen) atoms. The zero-order valence-electron chi connectivity index (χ0n) is 17.2. The molecule has 1 aliphatic rings. The van der Waals surface area contributed by atoms with Crippen molar-refractivity contribution in [1.29, 1.82) is 0 Å². The van der Waals surface area contributed by atoms with Gasteiger partial charge in [-0.2, -0.15) is 10.2 Å². The van der Waals surface area contributed by atoms with Crippen LogP contribution < -0.4 is 5.56 Å². The smallest absolute Gasteiger partial charge is 0.262 e. The van der Waals surface area contributed by atoms with E-state index in [4.69, 9.17) is 0 Å². The van der Waals surface area contributed by atoms with Crippen molar-refractivity contribution in [3.63, 3.8) is 0 Å². The number of aromatic nitrogens is 6. The lowest BCUT2D eigenvalue weighted by molar-refractivity contribution is -0.132. The van der Waals surface area contributed by atoms with Crippen molar-refractivity contribution >= 4 is 22.7 Å². The van der Waals surface area contributed by atoms with Crippen molar-refractivity contribution in [1.82, 2.24) is 34.4 Å². The third kappa shape index (κ3) is 4.03. The quantitative estimate of drug-likeness (QED) is 0.600. The maximum atomic E-state index is 12.6. The van der Waals surface area contributed by atoms with E-state index in [0.29, 0.717) is 67.6 Å². The molecule has 0 radical (unpaired) electrons. The summed E-state index contributed by atoms with van der Waals surface area (Å²) in [6.07, 6.45) is 7.67. The molecule has 10 nitrogen and oxygen atoms in total. The van der Waals surface area contributed by atoms with Gasteiger partial charge in [0.1, 0.15) is 11.2 Å². The summed E-state index contributed by atoms with van der Waals surface area (Å²) in [6, 6.07) is 0. The Bertz CT molecular complexity index is 1130. The van der Waals surface area contributed by atoms with Gasteiger partial charge >= 0.3 is 0 Å². The molecule has 1 aliphatic heterocycles. The number of carbonyl (C=O) groups is 2. The molecule has 3 aromatic rings. The average molecular weight is 411 g/mol. The Kier molecular flexibility index (Phi) is 5.47. The van der Waals surface area contributed by atoms with Crippen LogP contribution in [0, 0.1) is 5.92 Å². The highest BCUT2D eigenvalue weighted by molar-refractivity contribution is 5.97. The lowest BCUT2D eigenvalue weighted by Crippen LogP contribution is -2.40. The van der Waals surface area contributed by atoms with Gasteiger partial charge in [0, 0.05) is 52.1 Å². The third-order valence-corrected chi connectivity index (χ3v) is 5.66. The number of hydrogen-bond acceptors (Lipinski definition) is 6. The summed E-state index contributed by atoms with van der Waals surface area (Å²) in [7, 11) is 3.53. The van der Waals surface area contributed by atoms with Crippen LogP contribution in [-0.2, 0) is 25.3 Å². The molecule has 1 saturated heterocycles. The van der Waals surface area contributed by atoms with E-state index in [2.05, 4.69) is 20.2 Å². The van der Waals surface area contributed by atoms with Crippen molar-refractivity contribution in [3.8, 4) is 0 Å². The molecule has 0 spiro atoms. The first kappa shape index (κ1) is 20.0. The number of rotatable bonds is 6. The van der Waals surface area contributed by atoms with Gasteiger partial charge < -0.3 is 9.88 Å². The van der Waals surface area contributed by atoms with E-state index in [1.807, 2.05) is 4.90 Å². The number of nitrogens with one attached hydrogen (secondary N) is 1. The maximum absolute atomic E-state index is 12.6. The molecular formula is C20H25N7O3. The van der Waals surface area contributed by atoms with Crippen LogP contribution in [0.25, 0.3) is 11.0 Å². The first-order valence-electron chi connectivity index (χ1n) is 10.1. The summed E-state index contributed by atoms with van der Waals surface area (Å²) in [5.74, 6) is 0.685. The topological polar surface area (TPSA) is 119 Å². The molecule has 0 atom stereocenters. The van der Waals surface area contributed by atoms with Gasteiger partial charge in [-0.15, -0.1) is 0 Å². The number of ketones is 1. The summed E-state index contributed by atoms with van der Waals surface area (Å²) < 4.78 is 3.19. The summed E-state index contributed by atoms with van der Waals surface area (Å²) in [4.78, 5) is 46.2. The largest absolute Gasteiger partial charge is 0.343 e. The SMILES string of the molecule is Cn1cc(C(=O)C2CCN(C(=O)CCCc3nc4c(cnn4C)c(=O)[nH]3)CC2)cn1. The number of hydrogen-bond donors (Lipinski definition) is 1. The van der Waals surface area contributed by atoms with Crippen LogP contribution in [0.2, 0.25) is 0 Å². The van der Waals surface area contributed by atoms with E-state index in [9.17, 15) is 14.4 Å². The van der Waals surface area contributed by atoms with E-state index in [1.165, 1.54) is 6.20 Å². The Morgan fingerprint density at radius 2 is 1.93 bits per heavy atom. The first-order valence-corrected chi connectivity index (χ1v) is 10.1. The molecule has 158 valence electrons. The molecule has 4 heterocycles. The van der Waals surface area contributed by atoms with Crippen LogP contribution in [0.3, 0.4) is 0 Å². The molecule has 0 bridgehead atoms. The number of piperidine rings is 1. The molecule has 1 amide bonds. The number of nitrogens with zero attached hydrogens (tertiary/aromatic N) is 6. The standard InChI is InChI=1S/C20H25N7O3/c1-25-12-14(10-21-25)18(29)13-6-8-27(9-7-13)17(28)5-3-4-16-23-19-15(20(30)24-16)11-22-26(19)2/h10-13H,3-9H2,1-2H3,(H,23,24,30). The predicted octanol–water partition coefficient (Wildman–Crippen LogP) is 0.834. The Balaban J connectivity index is 1.27. The van der Waals surface area contributed by atoms with Crippen molar-refractivity contribution in [2.75, 3.05) is 13.1 Å². The van der Waals surface area contributed by atoms with Gasteiger partial charge in [0.25, 0.3) is 5.56 Å². The van der Waals surface area contributed by atoms with Crippen LogP contribution in [0.4, 0.5) is 0 Å². The zero-order chi connectivity index (χ0) is 21.3. The van der Waals surface area contributed by atoms with Gasteiger partial charge in [-0.3, -0.25) is 23.7 Å². The molecule has 1 N–H and O–H groups in total. The van der Waals surface area contributed by atoms with E-state index < -0.39 is 0 Å². The zero-order valence-corrected chi connectivity index (χ0v) is 17.2. The fraction of sp³-hybridized carbons (Fsp3) is 0.500. The molecule has 1 fully saturated rings. The molecule has 0 aliphatic carbocycles. The van der Waals surface area contributed by atoms with Gasteiger partial charge in [-0.25, -0.2) is 4.98 Å². The summed E-state index contributed by atoms with van der Waals surface area (Å²) in [5.41, 5.74) is 0.962. The monoisotopic (exact) mass is 411 g/mol. The highest BCUT2D eigenvalue weighted by Crippen LogP contribution is 2.22. The number of carbonyl (C=O) groups excluding carboxylic acids is 2. The second kappa shape index (κ2) is 8.21.